The molecule has 0 saturated heterocycles. The minimum atomic E-state index is -0.370. The van der Waals surface area contributed by atoms with Crippen molar-refractivity contribution in [1.29, 1.82) is 0 Å². The molecule has 0 spiro atoms. The van der Waals surface area contributed by atoms with Crippen LogP contribution in [0.5, 0.6) is 0 Å². The fourth-order valence-corrected chi connectivity index (χ4v) is 5.01. The van der Waals surface area contributed by atoms with E-state index in [2.05, 4.69) is 5.32 Å². The largest absolute Gasteiger partial charge is 0.348 e. The summed E-state index contributed by atoms with van der Waals surface area (Å²) < 4.78 is 28.3. The van der Waals surface area contributed by atoms with E-state index in [1.807, 2.05) is 41.8 Å². The van der Waals surface area contributed by atoms with Crippen molar-refractivity contribution in [3.05, 3.63) is 136 Å². The number of nitrogens with zero attached hydrogens (tertiary/aromatic N) is 2. The van der Waals surface area contributed by atoms with E-state index < -0.39 is 0 Å². The standard InChI is InChI=1S/C31H26F2N4OS/c32-26-14-12-24(13-15-26)28-20-39-31(36-28)37(29-7-2-1-6-27(29)33)19-21-8-10-25(11-9-21)30(38)35-18-23-5-3-4-22(16-23)17-34/h1-16,20H,17-19,34H2,(H,35,38). The first-order valence-electron chi connectivity index (χ1n) is 12.4. The summed E-state index contributed by atoms with van der Waals surface area (Å²) in [5, 5.41) is 5.40. The Labute approximate surface area is 229 Å². The maximum atomic E-state index is 14.9. The first kappa shape index (κ1) is 26.2. The van der Waals surface area contributed by atoms with Crippen molar-refractivity contribution in [2.45, 2.75) is 19.6 Å². The number of hydrogen-bond donors (Lipinski definition) is 2. The van der Waals surface area contributed by atoms with Gasteiger partial charge in [-0.3, -0.25) is 4.79 Å². The molecule has 0 bridgehead atoms. The van der Waals surface area contributed by atoms with Gasteiger partial charge >= 0.3 is 0 Å². The zero-order valence-electron chi connectivity index (χ0n) is 21.0. The number of hydrogen-bond acceptors (Lipinski definition) is 5. The van der Waals surface area contributed by atoms with Crippen LogP contribution in [0.1, 0.15) is 27.0 Å². The van der Waals surface area contributed by atoms with E-state index in [9.17, 15) is 13.6 Å². The van der Waals surface area contributed by atoms with Crippen LogP contribution in [0, 0.1) is 11.6 Å². The van der Waals surface area contributed by atoms with Crippen LogP contribution in [0.15, 0.2) is 102 Å². The van der Waals surface area contributed by atoms with Gasteiger partial charge in [-0.1, -0.05) is 48.5 Å². The second kappa shape index (κ2) is 12.0. The van der Waals surface area contributed by atoms with Crippen molar-refractivity contribution in [3.63, 3.8) is 0 Å². The Kier molecular flexibility index (Phi) is 8.05. The summed E-state index contributed by atoms with van der Waals surface area (Å²) in [6.45, 7) is 1.18. The number of rotatable bonds is 9. The molecule has 0 aliphatic heterocycles. The highest BCUT2D eigenvalue weighted by atomic mass is 32.1. The lowest BCUT2D eigenvalue weighted by Gasteiger charge is -2.23. The second-order valence-electron chi connectivity index (χ2n) is 8.96. The molecule has 5 rings (SSSR count). The molecule has 1 heterocycles. The first-order chi connectivity index (χ1) is 19.0. The number of amides is 1. The van der Waals surface area contributed by atoms with Crippen molar-refractivity contribution in [2.24, 2.45) is 5.73 Å². The average molecular weight is 541 g/mol. The Morgan fingerprint density at radius 1 is 0.872 bits per heavy atom. The molecule has 39 heavy (non-hydrogen) atoms. The third kappa shape index (κ3) is 6.37. The molecule has 0 aliphatic rings. The summed E-state index contributed by atoms with van der Waals surface area (Å²) >= 11 is 1.38. The van der Waals surface area contributed by atoms with Crippen molar-refractivity contribution in [3.8, 4) is 11.3 Å². The maximum absolute atomic E-state index is 14.9. The van der Waals surface area contributed by atoms with Gasteiger partial charge in [0.1, 0.15) is 11.6 Å². The molecule has 5 nitrogen and oxygen atoms in total. The molecule has 0 fully saturated rings. The van der Waals surface area contributed by atoms with Gasteiger partial charge in [-0.15, -0.1) is 11.3 Å². The molecule has 0 atom stereocenters. The number of carbonyl (C=O) groups is 1. The lowest BCUT2D eigenvalue weighted by Crippen LogP contribution is -2.23. The lowest BCUT2D eigenvalue weighted by atomic mass is 10.1. The number of thiazole rings is 1. The van der Waals surface area contributed by atoms with Gasteiger partial charge in [0.25, 0.3) is 5.91 Å². The molecular formula is C31H26F2N4OS. The second-order valence-corrected chi connectivity index (χ2v) is 9.80. The van der Waals surface area contributed by atoms with Gasteiger partial charge in [0, 0.05) is 29.6 Å². The zero-order valence-corrected chi connectivity index (χ0v) is 21.8. The predicted molar refractivity (Wildman–Crippen MR) is 152 cm³/mol. The molecule has 8 heteroatoms. The molecule has 0 radical (unpaired) electrons. The van der Waals surface area contributed by atoms with Crippen LogP contribution in [-0.2, 0) is 19.6 Å². The Hall–Kier alpha value is -4.40. The molecule has 1 aromatic heterocycles. The summed E-state index contributed by atoms with van der Waals surface area (Å²) in [4.78, 5) is 19.2. The van der Waals surface area contributed by atoms with E-state index in [0.29, 0.717) is 41.7 Å². The van der Waals surface area contributed by atoms with Gasteiger partial charge in [0.2, 0.25) is 0 Å². The van der Waals surface area contributed by atoms with Crippen molar-refractivity contribution >= 4 is 28.1 Å². The molecular weight excluding hydrogens is 514 g/mol. The highest BCUT2D eigenvalue weighted by molar-refractivity contribution is 7.14. The summed E-state index contributed by atoms with van der Waals surface area (Å²) in [7, 11) is 0. The summed E-state index contributed by atoms with van der Waals surface area (Å²) in [5.74, 6) is -0.875. The Balaban J connectivity index is 1.33. The topological polar surface area (TPSA) is 71.2 Å². The molecule has 4 aromatic carbocycles. The van der Waals surface area contributed by atoms with Gasteiger partial charge in [-0.05, 0) is 65.2 Å². The van der Waals surface area contributed by atoms with Crippen LogP contribution in [0.4, 0.5) is 19.6 Å². The quantitative estimate of drug-likeness (QED) is 0.215. The van der Waals surface area contributed by atoms with E-state index in [4.69, 9.17) is 10.7 Å². The van der Waals surface area contributed by atoms with Crippen LogP contribution in [0.25, 0.3) is 11.3 Å². The Morgan fingerprint density at radius 3 is 2.36 bits per heavy atom. The van der Waals surface area contributed by atoms with Crippen LogP contribution in [0.2, 0.25) is 0 Å². The smallest absolute Gasteiger partial charge is 0.251 e. The number of benzene rings is 4. The number of halogens is 2. The van der Waals surface area contributed by atoms with E-state index >= 15 is 0 Å². The lowest BCUT2D eigenvalue weighted by molar-refractivity contribution is 0.0951. The monoisotopic (exact) mass is 540 g/mol. The molecule has 0 aliphatic carbocycles. The van der Waals surface area contributed by atoms with Gasteiger partial charge in [-0.2, -0.15) is 0 Å². The van der Waals surface area contributed by atoms with Gasteiger partial charge in [-0.25, -0.2) is 13.8 Å². The molecule has 5 aromatic rings. The van der Waals surface area contributed by atoms with E-state index in [-0.39, 0.29) is 17.5 Å². The van der Waals surface area contributed by atoms with Gasteiger partial charge < -0.3 is 16.0 Å². The molecule has 0 saturated carbocycles. The minimum absolute atomic E-state index is 0.186. The maximum Gasteiger partial charge on any atom is 0.251 e. The number of carbonyl (C=O) groups excluding carboxylic acids is 1. The predicted octanol–water partition coefficient (Wildman–Crippen LogP) is 6.82. The number of anilines is 2. The number of nitrogens with one attached hydrogen (secondary N) is 1. The average Bonchev–Trinajstić information content (AvgIpc) is 3.46. The molecule has 1 amide bonds. The van der Waals surface area contributed by atoms with Gasteiger partial charge in [0.05, 0.1) is 17.9 Å². The molecule has 196 valence electrons. The fraction of sp³-hybridized carbons (Fsp3) is 0.0968. The summed E-state index contributed by atoms with van der Waals surface area (Å²) in [6, 6.07) is 27.6. The normalized spacial score (nSPS) is 10.8. The highest BCUT2D eigenvalue weighted by Crippen LogP contribution is 2.34. The Morgan fingerprint density at radius 2 is 1.62 bits per heavy atom. The Bertz CT molecular complexity index is 1570. The van der Waals surface area contributed by atoms with E-state index in [1.54, 1.807) is 47.4 Å². The number of aromatic nitrogens is 1. The van der Waals surface area contributed by atoms with Gasteiger partial charge in [0.15, 0.2) is 5.13 Å². The third-order valence-corrected chi connectivity index (χ3v) is 7.11. The van der Waals surface area contributed by atoms with Crippen LogP contribution in [0.3, 0.4) is 0 Å². The fourth-order valence-electron chi connectivity index (χ4n) is 4.16. The highest BCUT2D eigenvalue weighted by Gasteiger charge is 2.18. The third-order valence-electron chi connectivity index (χ3n) is 6.24. The van der Waals surface area contributed by atoms with Crippen molar-refractivity contribution < 1.29 is 13.6 Å². The zero-order chi connectivity index (χ0) is 27.2. The van der Waals surface area contributed by atoms with Crippen LogP contribution < -0.4 is 16.0 Å². The summed E-state index contributed by atoms with van der Waals surface area (Å²) in [5.41, 5.74) is 10.9. The van der Waals surface area contributed by atoms with E-state index in [1.165, 1.54) is 29.5 Å². The molecule has 3 N–H and O–H groups in total. The number of nitrogens with two attached hydrogens (primary N) is 1. The first-order valence-corrected chi connectivity index (χ1v) is 13.3. The van der Waals surface area contributed by atoms with E-state index in [0.717, 1.165) is 22.3 Å². The number of para-hydroxylation sites is 1. The summed E-state index contributed by atoms with van der Waals surface area (Å²) in [6.07, 6.45) is 0. The molecule has 0 unspecified atom stereocenters. The van der Waals surface area contributed by atoms with Crippen molar-refractivity contribution in [2.75, 3.05) is 4.90 Å². The van der Waals surface area contributed by atoms with Crippen molar-refractivity contribution in [1.82, 2.24) is 10.3 Å². The SMILES string of the molecule is NCc1cccc(CNC(=O)c2ccc(CN(c3nc(-c4ccc(F)cc4)cs3)c3ccccc3F)cc2)c1. The van der Waals surface area contributed by atoms with Crippen LogP contribution >= 0.6 is 11.3 Å². The van der Waals surface area contributed by atoms with Crippen LogP contribution in [-0.4, -0.2) is 10.9 Å². The minimum Gasteiger partial charge on any atom is -0.348 e.